The van der Waals surface area contributed by atoms with E-state index in [4.69, 9.17) is 14.2 Å². The quantitative estimate of drug-likeness (QED) is 0.440. The maximum absolute atomic E-state index is 14.1. The van der Waals surface area contributed by atoms with Crippen LogP contribution in [0.3, 0.4) is 0 Å². The molecule has 9 nitrogen and oxygen atoms in total. The highest BCUT2D eigenvalue weighted by Gasteiger charge is 2.36. The second-order valence-electron chi connectivity index (χ2n) is 9.31. The molecule has 0 saturated heterocycles. The van der Waals surface area contributed by atoms with Gasteiger partial charge in [-0.3, -0.25) is 19.5 Å². The highest BCUT2D eigenvalue weighted by molar-refractivity contribution is 6.09. The van der Waals surface area contributed by atoms with Gasteiger partial charge in [0.25, 0.3) is 5.91 Å². The summed E-state index contributed by atoms with van der Waals surface area (Å²) in [5.41, 5.74) is 2.12. The van der Waals surface area contributed by atoms with Crippen LogP contribution >= 0.6 is 0 Å². The molecular formula is C29H34N4O5. The Balaban J connectivity index is 1.90. The van der Waals surface area contributed by atoms with Crippen molar-refractivity contribution in [1.29, 1.82) is 0 Å². The topological polar surface area (TPSA) is 103 Å². The van der Waals surface area contributed by atoms with Crippen LogP contribution in [0.15, 0.2) is 55.0 Å². The van der Waals surface area contributed by atoms with Crippen molar-refractivity contribution < 1.29 is 23.8 Å². The van der Waals surface area contributed by atoms with E-state index >= 15 is 0 Å². The van der Waals surface area contributed by atoms with Crippen molar-refractivity contribution in [3.8, 4) is 17.2 Å². The molecule has 1 N–H and O–H groups in total. The molecule has 200 valence electrons. The number of benzene rings is 2. The van der Waals surface area contributed by atoms with Crippen LogP contribution in [0.1, 0.15) is 59.8 Å². The summed E-state index contributed by atoms with van der Waals surface area (Å²) in [7, 11) is 4.55. The number of rotatable bonds is 9. The van der Waals surface area contributed by atoms with Gasteiger partial charge in [0, 0.05) is 24.1 Å². The summed E-state index contributed by atoms with van der Waals surface area (Å²) in [6.45, 7) is 1.94. The van der Waals surface area contributed by atoms with E-state index in [0.29, 0.717) is 28.5 Å². The molecule has 9 heteroatoms. The van der Waals surface area contributed by atoms with Crippen molar-refractivity contribution in [2.45, 2.75) is 51.1 Å². The Morgan fingerprint density at radius 1 is 0.974 bits per heavy atom. The Morgan fingerprint density at radius 3 is 2.26 bits per heavy atom. The van der Waals surface area contributed by atoms with Gasteiger partial charge in [0.2, 0.25) is 11.7 Å². The van der Waals surface area contributed by atoms with E-state index in [-0.39, 0.29) is 17.6 Å². The Kier molecular flexibility index (Phi) is 8.78. The molecule has 2 aromatic carbocycles. The molecule has 0 radical (unpaired) electrons. The van der Waals surface area contributed by atoms with Crippen LogP contribution < -0.4 is 24.4 Å². The number of carbonyl (C=O) groups excluding carboxylic acids is 2. The second-order valence-corrected chi connectivity index (χ2v) is 9.31. The van der Waals surface area contributed by atoms with E-state index in [1.807, 2.05) is 25.1 Å². The minimum atomic E-state index is -1.05. The minimum Gasteiger partial charge on any atom is -0.493 e. The number of hydrogen-bond acceptors (Lipinski definition) is 7. The average Bonchev–Trinajstić information content (AvgIpc) is 2.95. The first-order valence-electron chi connectivity index (χ1n) is 12.7. The molecule has 1 fully saturated rings. The average molecular weight is 519 g/mol. The van der Waals surface area contributed by atoms with E-state index in [2.05, 4.69) is 15.3 Å². The fourth-order valence-corrected chi connectivity index (χ4v) is 4.90. The highest BCUT2D eigenvalue weighted by atomic mass is 16.5. The number of ether oxygens (including phenoxy) is 3. The van der Waals surface area contributed by atoms with Gasteiger partial charge < -0.3 is 19.5 Å². The molecular weight excluding hydrogens is 484 g/mol. The molecule has 1 aromatic heterocycles. The summed E-state index contributed by atoms with van der Waals surface area (Å²) in [5.74, 6) is 0.403. The molecule has 0 bridgehead atoms. The maximum atomic E-state index is 14.1. The first-order chi connectivity index (χ1) is 18.5. The van der Waals surface area contributed by atoms with Gasteiger partial charge in [-0.1, -0.05) is 31.4 Å². The molecule has 3 aromatic rings. The first kappa shape index (κ1) is 26.9. The van der Waals surface area contributed by atoms with Gasteiger partial charge in [-0.2, -0.15) is 0 Å². The van der Waals surface area contributed by atoms with Crippen molar-refractivity contribution in [3.05, 3.63) is 71.8 Å². The number of methoxy groups -OCH3 is 3. The zero-order valence-electron chi connectivity index (χ0n) is 22.3. The lowest BCUT2D eigenvalue weighted by molar-refractivity contribution is -0.123. The summed E-state index contributed by atoms with van der Waals surface area (Å²) in [5, 5.41) is 3.21. The Hall–Kier alpha value is -4.14. The van der Waals surface area contributed by atoms with Crippen molar-refractivity contribution in [2.24, 2.45) is 0 Å². The summed E-state index contributed by atoms with van der Waals surface area (Å²) in [4.78, 5) is 38.0. The van der Waals surface area contributed by atoms with Crippen LogP contribution in [0.25, 0.3) is 0 Å². The van der Waals surface area contributed by atoms with E-state index in [9.17, 15) is 9.59 Å². The predicted octanol–water partition coefficient (Wildman–Crippen LogP) is 4.65. The number of amides is 2. The van der Waals surface area contributed by atoms with E-state index < -0.39 is 11.9 Å². The van der Waals surface area contributed by atoms with E-state index in [1.165, 1.54) is 44.8 Å². The third-order valence-corrected chi connectivity index (χ3v) is 6.74. The van der Waals surface area contributed by atoms with Gasteiger partial charge in [0.15, 0.2) is 11.5 Å². The number of nitrogens with zero attached hydrogens (tertiary/aromatic N) is 3. The molecule has 1 aliphatic carbocycles. The van der Waals surface area contributed by atoms with Gasteiger partial charge in [0.1, 0.15) is 11.7 Å². The number of aromatic nitrogens is 2. The summed E-state index contributed by atoms with van der Waals surface area (Å²) in [6.07, 6.45) is 9.42. The van der Waals surface area contributed by atoms with Crippen LogP contribution in [0, 0.1) is 6.92 Å². The molecule has 1 unspecified atom stereocenters. The number of nitrogens with one attached hydrogen (secondary N) is 1. The largest absolute Gasteiger partial charge is 0.493 e. The number of carbonyl (C=O) groups is 2. The van der Waals surface area contributed by atoms with E-state index in [1.54, 1.807) is 18.2 Å². The molecule has 0 aliphatic heterocycles. The third kappa shape index (κ3) is 5.88. The van der Waals surface area contributed by atoms with Gasteiger partial charge in [-0.25, -0.2) is 4.98 Å². The smallest absolute Gasteiger partial charge is 0.279 e. The molecule has 4 rings (SSSR count). The van der Waals surface area contributed by atoms with Gasteiger partial charge >= 0.3 is 0 Å². The van der Waals surface area contributed by atoms with Crippen LogP contribution in [0.2, 0.25) is 0 Å². The predicted molar refractivity (Wildman–Crippen MR) is 144 cm³/mol. The van der Waals surface area contributed by atoms with Crippen molar-refractivity contribution in [2.75, 3.05) is 26.2 Å². The minimum absolute atomic E-state index is 0.0340. The van der Waals surface area contributed by atoms with Crippen LogP contribution in [0.5, 0.6) is 17.2 Å². The Morgan fingerprint density at radius 2 is 1.68 bits per heavy atom. The maximum Gasteiger partial charge on any atom is 0.279 e. The molecule has 0 spiro atoms. The van der Waals surface area contributed by atoms with Crippen molar-refractivity contribution >= 4 is 17.5 Å². The van der Waals surface area contributed by atoms with Crippen LogP contribution in [-0.4, -0.2) is 49.2 Å². The SMILES string of the molecule is COc1cc(C(C(=O)NC2CCCCC2)N(C(=O)c2cnccn2)c2cccc(C)c2)cc(OC)c1OC. The van der Waals surface area contributed by atoms with Gasteiger partial charge in [-0.05, 0) is 55.2 Å². The van der Waals surface area contributed by atoms with E-state index in [0.717, 1.165) is 37.7 Å². The number of anilines is 1. The summed E-state index contributed by atoms with van der Waals surface area (Å²) >= 11 is 0. The molecule has 1 aliphatic rings. The van der Waals surface area contributed by atoms with Crippen LogP contribution in [-0.2, 0) is 4.79 Å². The number of aryl methyl sites for hydroxylation is 1. The van der Waals surface area contributed by atoms with Gasteiger partial charge in [-0.15, -0.1) is 0 Å². The zero-order valence-corrected chi connectivity index (χ0v) is 22.3. The molecule has 1 heterocycles. The monoisotopic (exact) mass is 518 g/mol. The lowest BCUT2D eigenvalue weighted by Gasteiger charge is -2.33. The first-order valence-corrected chi connectivity index (χ1v) is 12.7. The second kappa shape index (κ2) is 12.4. The lowest BCUT2D eigenvalue weighted by Crippen LogP contribution is -2.47. The molecule has 1 saturated carbocycles. The standard InChI is InChI=1S/C29H34N4O5/c1-19-9-8-12-22(15-19)33(29(35)23-18-30-13-14-31-23)26(28(34)32-21-10-6-5-7-11-21)20-16-24(36-2)27(38-4)25(17-20)37-3/h8-9,12-18,21,26H,5-7,10-11H2,1-4H3,(H,32,34). The van der Waals surface area contributed by atoms with Crippen molar-refractivity contribution in [1.82, 2.24) is 15.3 Å². The highest BCUT2D eigenvalue weighted by Crippen LogP contribution is 2.42. The Labute approximate surface area is 223 Å². The Bertz CT molecular complexity index is 1240. The fourth-order valence-electron chi connectivity index (χ4n) is 4.90. The van der Waals surface area contributed by atoms with Gasteiger partial charge in [0.05, 0.1) is 27.5 Å². The summed E-state index contributed by atoms with van der Waals surface area (Å²) < 4.78 is 16.7. The molecule has 38 heavy (non-hydrogen) atoms. The fraction of sp³-hybridized carbons (Fsp3) is 0.379. The number of hydrogen-bond donors (Lipinski definition) is 1. The lowest BCUT2D eigenvalue weighted by atomic mass is 9.94. The summed E-state index contributed by atoms with van der Waals surface area (Å²) in [6, 6.07) is 9.86. The molecule has 1 atom stereocenters. The van der Waals surface area contributed by atoms with Crippen molar-refractivity contribution in [3.63, 3.8) is 0 Å². The normalized spacial score (nSPS) is 14.3. The third-order valence-electron chi connectivity index (χ3n) is 6.74. The zero-order chi connectivity index (χ0) is 27.1. The molecule has 2 amide bonds. The van der Waals surface area contributed by atoms with Crippen LogP contribution in [0.4, 0.5) is 5.69 Å².